The van der Waals surface area contributed by atoms with Crippen molar-refractivity contribution < 1.29 is 13.2 Å². The summed E-state index contributed by atoms with van der Waals surface area (Å²) in [4.78, 5) is 0.271. The molecule has 1 saturated heterocycles. The van der Waals surface area contributed by atoms with Gasteiger partial charge in [-0.15, -0.1) is 5.10 Å². The summed E-state index contributed by atoms with van der Waals surface area (Å²) in [7, 11) is -1.87. The second kappa shape index (κ2) is 8.93. The Balaban J connectivity index is 1.35. The van der Waals surface area contributed by atoms with Crippen LogP contribution in [0.15, 0.2) is 59.8 Å². The summed E-state index contributed by atoms with van der Waals surface area (Å²) in [5.41, 5.74) is 1.90. The van der Waals surface area contributed by atoms with Crippen molar-refractivity contribution in [2.75, 3.05) is 20.2 Å². The molecule has 0 atom stereocenters. The molecule has 2 heterocycles. The lowest BCUT2D eigenvalue weighted by Gasteiger charge is -2.31. The molecule has 1 fully saturated rings. The Kier molecular flexibility index (Phi) is 6.10. The van der Waals surface area contributed by atoms with Gasteiger partial charge in [-0.2, -0.15) is 4.31 Å². The van der Waals surface area contributed by atoms with Crippen molar-refractivity contribution in [3.05, 3.63) is 60.4 Å². The van der Waals surface area contributed by atoms with Gasteiger partial charge in [0.1, 0.15) is 12.1 Å². The maximum Gasteiger partial charge on any atom is 0.243 e. The molecule has 0 N–H and O–H groups in total. The van der Waals surface area contributed by atoms with Gasteiger partial charge >= 0.3 is 0 Å². The Labute approximate surface area is 176 Å². The summed E-state index contributed by atoms with van der Waals surface area (Å²) in [6.45, 7) is 1.09. The lowest BCUT2D eigenvalue weighted by molar-refractivity contribution is 0.263. The first-order valence-electron chi connectivity index (χ1n) is 10.0. The first-order chi connectivity index (χ1) is 14.6. The highest BCUT2D eigenvalue weighted by atomic mass is 32.2. The van der Waals surface area contributed by atoms with Gasteiger partial charge in [0.2, 0.25) is 10.0 Å². The second-order valence-corrected chi connectivity index (χ2v) is 9.42. The Bertz CT molecular complexity index is 1060. The van der Waals surface area contributed by atoms with Crippen LogP contribution in [0.5, 0.6) is 5.75 Å². The van der Waals surface area contributed by atoms with Gasteiger partial charge < -0.3 is 4.74 Å². The molecule has 1 aliphatic rings. The van der Waals surface area contributed by atoms with Crippen molar-refractivity contribution in [1.82, 2.24) is 24.5 Å². The van der Waals surface area contributed by atoms with E-state index in [1.165, 1.54) is 16.6 Å². The van der Waals surface area contributed by atoms with Crippen molar-refractivity contribution in [2.24, 2.45) is 5.92 Å². The molecule has 0 aliphatic carbocycles. The molecular weight excluding hydrogens is 402 g/mol. The number of benzene rings is 2. The smallest absolute Gasteiger partial charge is 0.243 e. The third kappa shape index (κ3) is 4.52. The monoisotopic (exact) mass is 427 g/mol. The number of sulfonamides is 1. The maximum absolute atomic E-state index is 13.1. The maximum atomic E-state index is 13.1. The van der Waals surface area contributed by atoms with Crippen LogP contribution in [-0.4, -0.2) is 53.1 Å². The Morgan fingerprint density at radius 2 is 1.87 bits per heavy atom. The van der Waals surface area contributed by atoms with Crippen LogP contribution >= 0.6 is 0 Å². The predicted molar refractivity (Wildman–Crippen MR) is 112 cm³/mol. The van der Waals surface area contributed by atoms with Crippen molar-refractivity contribution >= 4 is 10.0 Å². The number of aryl methyl sites for hydroxylation is 1. The Morgan fingerprint density at radius 3 is 2.53 bits per heavy atom. The van der Waals surface area contributed by atoms with Crippen LogP contribution in [0.3, 0.4) is 0 Å². The number of hydrogen-bond donors (Lipinski definition) is 0. The summed E-state index contributed by atoms with van der Waals surface area (Å²) >= 11 is 0. The van der Waals surface area contributed by atoms with Gasteiger partial charge in [-0.3, -0.25) is 0 Å². The van der Waals surface area contributed by atoms with E-state index in [1.807, 2.05) is 12.1 Å². The van der Waals surface area contributed by atoms with Crippen molar-refractivity contribution in [3.63, 3.8) is 0 Å². The van der Waals surface area contributed by atoms with Gasteiger partial charge in [0.25, 0.3) is 0 Å². The van der Waals surface area contributed by atoms with Gasteiger partial charge in [-0.1, -0.05) is 18.2 Å². The van der Waals surface area contributed by atoms with E-state index >= 15 is 0 Å². The van der Waals surface area contributed by atoms with E-state index in [2.05, 4.69) is 27.7 Å². The third-order valence-electron chi connectivity index (χ3n) is 5.64. The summed E-state index contributed by atoms with van der Waals surface area (Å²) in [5.74, 6) is 1.40. The number of tetrazole rings is 1. The van der Waals surface area contributed by atoms with E-state index in [9.17, 15) is 8.42 Å². The highest BCUT2D eigenvalue weighted by Crippen LogP contribution is 2.27. The molecule has 4 rings (SSSR count). The fourth-order valence-corrected chi connectivity index (χ4v) is 5.33. The van der Waals surface area contributed by atoms with E-state index in [0.717, 1.165) is 31.4 Å². The topological polar surface area (TPSA) is 90.2 Å². The molecule has 0 saturated carbocycles. The lowest BCUT2D eigenvalue weighted by atomic mass is 9.91. The molecule has 3 aromatic rings. The minimum absolute atomic E-state index is 0.271. The molecule has 9 heteroatoms. The Morgan fingerprint density at radius 1 is 1.10 bits per heavy atom. The fourth-order valence-electron chi connectivity index (χ4n) is 3.82. The first-order valence-corrected chi connectivity index (χ1v) is 11.5. The van der Waals surface area contributed by atoms with Crippen LogP contribution in [0.1, 0.15) is 24.8 Å². The molecule has 1 aliphatic heterocycles. The van der Waals surface area contributed by atoms with E-state index in [4.69, 9.17) is 4.74 Å². The highest BCUT2D eigenvalue weighted by Gasteiger charge is 2.29. The van der Waals surface area contributed by atoms with E-state index in [-0.39, 0.29) is 4.90 Å². The van der Waals surface area contributed by atoms with Crippen LogP contribution in [0.2, 0.25) is 0 Å². The number of piperidine rings is 1. The lowest BCUT2D eigenvalue weighted by Crippen LogP contribution is -2.38. The number of nitrogens with zero attached hydrogens (tertiary/aromatic N) is 5. The van der Waals surface area contributed by atoms with Crippen LogP contribution < -0.4 is 4.74 Å². The van der Waals surface area contributed by atoms with E-state index in [1.54, 1.807) is 35.7 Å². The van der Waals surface area contributed by atoms with Gasteiger partial charge in [0, 0.05) is 13.1 Å². The van der Waals surface area contributed by atoms with E-state index in [0.29, 0.717) is 24.7 Å². The summed E-state index contributed by atoms with van der Waals surface area (Å²) in [6.07, 6.45) is 5.26. The number of aromatic nitrogens is 4. The molecule has 1 aromatic heterocycles. The molecule has 0 bridgehead atoms. The normalized spacial score (nSPS) is 15.9. The predicted octanol–water partition coefficient (Wildman–Crippen LogP) is 2.70. The SMILES string of the molecule is COc1ccc(CCC2CCN(S(=O)(=O)c3cccc(-n4cnnn4)c3)CC2)cc1. The average molecular weight is 428 g/mol. The van der Waals surface area contributed by atoms with Gasteiger partial charge in [0.15, 0.2) is 0 Å². The summed E-state index contributed by atoms with van der Waals surface area (Å²) in [5, 5.41) is 11.0. The average Bonchev–Trinajstić information content (AvgIpc) is 3.33. The summed E-state index contributed by atoms with van der Waals surface area (Å²) in [6, 6.07) is 14.9. The van der Waals surface area contributed by atoms with Gasteiger partial charge in [0.05, 0.1) is 17.7 Å². The molecule has 2 aromatic carbocycles. The molecule has 0 amide bonds. The largest absolute Gasteiger partial charge is 0.497 e. The molecule has 158 valence electrons. The second-order valence-electron chi connectivity index (χ2n) is 7.49. The Hall–Kier alpha value is -2.78. The van der Waals surface area contributed by atoms with Crippen molar-refractivity contribution in [2.45, 2.75) is 30.6 Å². The standard InChI is InChI=1S/C21H25N5O3S/c1-29-20-9-7-17(8-10-20)5-6-18-11-13-25(14-12-18)30(27,28)21-4-2-3-19(15-21)26-16-22-23-24-26/h2-4,7-10,15-16,18H,5-6,11-14H2,1H3. The molecule has 30 heavy (non-hydrogen) atoms. The quantitative estimate of drug-likeness (QED) is 0.576. The number of rotatable bonds is 7. The number of hydrogen-bond acceptors (Lipinski definition) is 6. The third-order valence-corrected chi connectivity index (χ3v) is 7.54. The van der Waals surface area contributed by atoms with Crippen LogP contribution in [-0.2, 0) is 16.4 Å². The highest BCUT2D eigenvalue weighted by molar-refractivity contribution is 7.89. The van der Waals surface area contributed by atoms with Gasteiger partial charge in [-0.05, 0) is 77.9 Å². The zero-order valence-electron chi connectivity index (χ0n) is 16.9. The molecule has 8 nitrogen and oxygen atoms in total. The number of ether oxygens (including phenoxy) is 1. The van der Waals surface area contributed by atoms with Crippen LogP contribution in [0.4, 0.5) is 0 Å². The minimum Gasteiger partial charge on any atom is -0.497 e. The van der Waals surface area contributed by atoms with Crippen molar-refractivity contribution in [1.29, 1.82) is 0 Å². The van der Waals surface area contributed by atoms with E-state index < -0.39 is 10.0 Å². The first kappa shape index (κ1) is 20.5. The van der Waals surface area contributed by atoms with Gasteiger partial charge in [-0.25, -0.2) is 13.1 Å². The minimum atomic E-state index is -3.54. The van der Waals surface area contributed by atoms with Crippen LogP contribution in [0.25, 0.3) is 5.69 Å². The molecular formula is C21H25N5O3S. The fraction of sp³-hybridized carbons (Fsp3) is 0.381. The van der Waals surface area contributed by atoms with Crippen molar-refractivity contribution in [3.8, 4) is 11.4 Å². The zero-order chi connectivity index (χ0) is 21.0. The zero-order valence-corrected chi connectivity index (χ0v) is 17.7. The molecule has 0 radical (unpaired) electrons. The summed E-state index contributed by atoms with van der Waals surface area (Å²) < 4.78 is 34.5. The molecule has 0 unspecified atom stereocenters. The van der Waals surface area contributed by atoms with Crippen LogP contribution in [0, 0.1) is 5.92 Å². The molecule has 0 spiro atoms. The number of methoxy groups -OCH3 is 1.